The lowest BCUT2D eigenvalue weighted by Crippen LogP contribution is -2.34. The number of aromatic nitrogens is 1. The van der Waals surface area contributed by atoms with Crippen LogP contribution in [0.3, 0.4) is 0 Å². The number of thiazole rings is 1. The molecule has 0 spiro atoms. The number of benzene rings is 3. The molecule has 0 fully saturated rings. The molecule has 168 valence electrons. The summed E-state index contributed by atoms with van der Waals surface area (Å²) < 4.78 is 11.5. The molecule has 33 heavy (non-hydrogen) atoms. The molecule has 0 aliphatic heterocycles. The highest BCUT2D eigenvalue weighted by Crippen LogP contribution is 2.39. The first kappa shape index (κ1) is 23.3. The standard InChI is InChI=1S/C23H17Cl2N3O3S2/c1-30-18-8-7-12(9-19(18)31-2)21(29)28-23(32)27-17-10-13(14(24)11-15(17)25)22-26-16-5-3-4-6-20(16)33-22/h3-11H,1-2H3,(H2,27,28,29,32). The fourth-order valence-corrected chi connectivity index (χ4v) is 4.88. The predicted octanol–water partition coefficient (Wildman–Crippen LogP) is 6.41. The largest absolute Gasteiger partial charge is 0.493 e. The number of hydrogen-bond donors (Lipinski definition) is 2. The van der Waals surface area contributed by atoms with Gasteiger partial charge in [-0.2, -0.15) is 0 Å². The van der Waals surface area contributed by atoms with E-state index in [0.717, 1.165) is 15.2 Å². The van der Waals surface area contributed by atoms with E-state index < -0.39 is 5.91 Å². The zero-order valence-electron chi connectivity index (χ0n) is 17.4. The Balaban J connectivity index is 1.54. The van der Waals surface area contributed by atoms with Gasteiger partial charge in [0, 0.05) is 11.1 Å². The number of fused-ring (bicyclic) bond motifs is 1. The minimum absolute atomic E-state index is 0.0780. The average Bonchev–Trinajstić information content (AvgIpc) is 3.24. The lowest BCUT2D eigenvalue weighted by Gasteiger charge is -2.14. The van der Waals surface area contributed by atoms with Gasteiger partial charge in [-0.3, -0.25) is 10.1 Å². The number of nitrogens with one attached hydrogen (secondary N) is 2. The third kappa shape index (κ3) is 5.04. The highest BCUT2D eigenvalue weighted by Gasteiger charge is 2.16. The van der Waals surface area contributed by atoms with Crippen LogP contribution in [0.2, 0.25) is 10.0 Å². The van der Waals surface area contributed by atoms with Crippen molar-refractivity contribution in [1.82, 2.24) is 10.3 Å². The molecule has 1 amide bonds. The number of carbonyl (C=O) groups is 1. The molecule has 0 saturated carbocycles. The van der Waals surface area contributed by atoms with E-state index in [1.165, 1.54) is 25.6 Å². The lowest BCUT2D eigenvalue weighted by molar-refractivity contribution is 0.0977. The summed E-state index contributed by atoms with van der Waals surface area (Å²) in [6, 6.07) is 16.0. The van der Waals surface area contributed by atoms with E-state index in [1.54, 1.807) is 30.3 Å². The second-order valence-electron chi connectivity index (χ2n) is 6.78. The van der Waals surface area contributed by atoms with Crippen molar-refractivity contribution in [3.63, 3.8) is 0 Å². The first-order chi connectivity index (χ1) is 15.9. The molecule has 1 aromatic heterocycles. The number of para-hydroxylation sites is 1. The molecule has 0 bridgehead atoms. The van der Waals surface area contributed by atoms with E-state index in [4.69, 9.17) is 44.9 Å². The number of anilines is 1. The van der Waals surface area contributed by atoms with E-state index in [1.807, 2.05) is 24.3 Å². The molecular weight excluding hydrogens is 501 g/mol. The molecule has 0 saturated heterocycles. The minimum Gasteiger partial charge on any atom is -0.493 e. The van der Waals surface area contributed by atoms with Gasteiger partial charge in [0.2, 0.25) is 0 Å². The SMILES string of the molecule is COc1ccc(C(=O)NC(=S)Nc2cc(-c3nc4ccccc4s3)c(Cl)cc2Cl)cc1OC. The number of amides is 1. The van der Waals surface area contributed by atoms with Crippen LogP contribution >= 0.6 is 46.8 Å². The van der Waals surface area contributed by atoms with E-state index in [9.17, 15) is 4.79 Å². The molecule has 10 heteroatoms. The van der Waals surface area contributed by atoms with E-state index in [2.05, 4.69) is 15.6 Å². The van der Waals surface area contributed by atoms with Gasteiger partial charge in [-0.25, -0.2) is 4.98 Å². The first-order valence-corrected chi connectivity index (χ1v) is 11.6. The smallest absolute Gasteiger partial charge is 0.257 e. The monoisotopic (exact) mass is 517 g/mol. The molecular formula is C23H17Cl2N3O3S2. The number of rotatable bonds is 5. The first-order valence-electron chi connectivity index (χ1n) is 9.59. The van der Waals surface area contributed by atoms with Crippen molar-refractivity contribution in [3.05, 3.63) is 70.2 Å². The topological polar surface area (TPSA) is 72.5 Å². The van der Waals surface area contributed by atoms with Gasteiger partial charge >= 0.3 is 0 Å². The zero-order chi connectivity index (χ0) is 23.5. The Kier molecular flexibility index (Phi) is 6.99. The number of carbonyl (C=O) groups excluding carboxylic acids is 1. The Morgan fingerprint density at radius 3 is 2.48 bits per heavy atom. The highest BCUT2D eigenvalue weighted by atomic mass is 35.5. The summed E-state index contributed by atoms with van der Waals surface area (Å²) >= 11 is 19.7. The molecule has 0 atom stereocenters. The van der Waals surface area contributed by atoms with Crippen molar-refractivity contribution in [2.24, 2.45) is 0 Å². The van der Waals surface area contributed by atoms with Gasteiger partial charge in [0.15, 0.2) is 16.6 Å². The van der Waals surface area contributed by atoms with Crippen LogP contribution in [0.1, 0.15) is 10.4 Å². The van der Waals surface area contributed by atoms with Crippen LogP contribution < -0.4 is 20.1 Å². The van der Waals surface area contributed by atoms with Crippen molar-refractivity contribution in [2.75, 3.05) is 19.5 Å². The molecule has 4 rings (SSSR count). The molecule has 4 aromatic rings. The maximum Gasteiger partial charge on any atom is 0.257 e. The van der Waals surface area contributed by atoms with Gasteiger partial charge in [0.1, 0.15) is 5.01 Å². The highest BCUT2D eigenvalue weighted by molar-refractivity contribution is 7.80. The van der Waals surface area contributed by atoms with Gasteiger partial charge in [-0.15, -0.1) is 11.3 Å². The second-order valence-corrected chi connectivity index (χ2v) is 9.03. The summed E-state index contributed by atoms with van der Waals surface area (Å²) in [6.07, 6.45) is 0. The van der Waals surface area contributed by atoms with Gasteiger partial charge < -0.3 is 14.8 Å². The molecule has 3 aromatic carbocycles. The van der Waals surface area contributed by atoms with Crippen LogP contribution in [0.25, 0.3) is 20.8 Å². The Labute approximate surface area is 209 Å². The van der Waals surface area contributed by atoms with Gasteiger partial charge in [0.25, 0.3) is 5.91 Å². The van der Waals surface area contributed by atoms with Crippen LogP contribution in [-0.2, 0) is 0 Å². The average molecular weight is 518 g/mol. The van der Waals surface area contributed by atoms with Crippen LogP contribution in [0, 0.1) is 0 Å². The minimum atomic E-state index is -0.412. The predicted molar refractivity (Wildman–Crippen MR) is 138 cm³/mol. The molecule has 0 unspecified atom stereocenters. The Bertz CT molecular complexity index is 1340. The Hall–Kier alpha value is -2.91. The van der Waals surface area contributed by atoms with Crippen molar-refractivity contribution in [3.8, 4) is 22.1 Å². The normalized spacial score (nSPS) is 10.7. The second kappa shape index (κ2) is 9.93. The van der Waals surface area contributed by atoms with E-state index in [-0.39, 0.29) is 5.11 Å². The van der Waals surface area contributed by atoms with Gasteiger partial charge in [-0.05, 0) is 54.7 Å². The summed E-state index contributed by atoms with van der Waals surface area (Å²) in [6.45, 7) is 0. The Morgan fingerprint density at radius 2 is 1.76 bits per heavy atom. The summed E-state index contributed by atoms with van der Waals surface area (Å²) in [5, 5.41) is 7.25. The van der Waals surface area contributed by atoms with Crippen molar-refractivity contribution < 1.29 is 14.3 Å². The summed E-state index contributed by atoms with van der Waals surface area (Å²) in [5.74, 6) is 0.542. The third-order valence-electron chi connectivity index (χ3n) is 4.70. The number of thiocarbonyl (C=S) groups is 1. The number of halogens is 2. The molecule has 0 aliphatic carbocycles. The molecule has 0 aliphatic rings. The van der Waals surface area contributed by atoms with Gasteiger partial charge in [0.05, 0.1) is 40.2 Å². The van der Waals surface area contributed by atoms with Crippen molar-refractivity contribution in [1.29, 1.82) is 0 Å². The van der Waals surface area contributed by atoms with Gasteiger partial charge in [-0.1, -0.05) is 35.3 Å². The summed E-state index contributed by atoms with van der Waals surface area (Å²) in [7, 11) is 3.02. The summed E-state index contributed by atoms with van der Waals surface area (Å²) in [4.78, 5) is 17.3. The summed E-state index contributed by atoms with van der Waals surface area (Å²) in [5.41, 5.74) is 2.44. The third-order valence-corrected chi connectivity index (χ3v) is 6.60. The maximum absolute atomic E-state index is 12.6. The van der Waals surface area contributed by atoms with Crippen molar-refractivity contribution in [2.45, 2.75) is 0 Å². The fourth-order valence-electron chi connectivity index (χ4n) is 3.10. The Morgan fingerprint density at radius 1 is 1.00 bits per heavy atom. The zero-order valence-corrected chi connectivity index (χ0v) is 20.6. The number of methoxy groups -OCH3 is 2. The van der Waals surface area contributed by atoms with E-state index >= 15 is 0 Å². The quantitative estimate of drug-likeness (QED) is 0.298. The number of hydrogen-bond acceptors (Lipinski definition) is 6. The van der Waals surface area contributed by atoms with Crippen LogP contribution in [-0.4, -0.2) is 30.2 Å². The van der Waals surface area contributed by atoms with E-state index in [0.29, 0.717) is 38.4 Å². The number of ether oxygens (including phenoxy) is 2. The maximum atomic E-state index is 12.6. The molecule has 2 N–H and O–H groups in total. The van der Waals surface area contributed by atoms with Crippen LogP contribution in [0.15, 0.2) is 54.6 Å². The fraction of sp³-hybridized carbons (Fsp3) is 0.0870. The number of nitrogens with zero attached hydrogens (tertiary/aromatic N) is 1. The lowest BCUT2D eigenvalue weighted by atomic mass is 10.2. The molecule has 0 radical (unpaired) electrons. The van der Waals surface area contributed by atoms with Crippen molar-refractivity contribution >= 4 is 73.7 Å². The molecule has 6 nitrogen and oxygen atoms in total. The van der Waals surface area contributed by atoms with Crippen LogP contribution in [0.4, 0.5) is 5.69 Å². The molecule has 1 heterocycles. The van der Waals surface area contributed by atoms with Crippen LogP contribution in [0.5, 0.6) is 11.5 Å².